The fraction of sp³-hybridized carbons (Fsp3) is 0.409. The van der Waals surface area contributed by atoms with Gasteiger partial charge in [-0.2, -0.15) is 0 Å². The van der Waals surface area contributed by atoms with Gasteiger partial charge in [-0.25, -0.2) is 9.37 Å². The van der Waals surface area contributed by atoms with E-state index in [9.17, 15) is 9.18 Å². The van der Waals surface area contributed by atoms with E-state index in [2.05, 4.69) is 25.6 Å². The molecule has 1 aromatic carbocycles. The second kappa shape index (κ2) is 10.2. The van der Waals surface area contributed by atoms with Crippen molar-refractivity contribution in [2.45, 2.75) is 25.8 Å². The number of rotatable bonds is 8. The molecule has 0 bridgehead atoms. The average molecular weight is 446 g/mol. The van der Waals surface area contributed by atoms with E-state index in [1.54, 1.807) is 12.3 Å². The molecule has 1 aliphatic rings. The molecule has 9 heteroatoms. The SMILES string of the molecule is O=c1[nH]c(CCOc2ccc(F)c(Cl)c2)nc2c(CNCC3CCNCC3)nccc12. The van der Waals surface area contributed by atoms with E-state index in [1.807, 2.05) is 0 Å². The highest BCUT2D eigenvalue weighted by Crippen LogP contribution is 2.21. The lowest BCUT2D eigenvalue weighted by Gasteiger charge is -2.22. The van der Waals surface area contributed by atoms with E-state index in [0.29, 0.717) is 41.4 Å². The number of aromatic amines is 1. The van der Waals surface area contributed by atoms with Gasteiger partial charge in [0.1, 0.15) is 22.9 Å². The summed E-state index contributed by atoms with van der Waals surface area (Å²) in [5.41, 5.74) is 1.15. The van der Waals surface area contributed by atoms with E-state index in [1.165, 1.54) is 18.2 Å². The van der Waals surface area contributed by atoms with Gasteiger partial charge in [0.25, 0.3) is 5.56 Å². The molecule has 1 fully saturated rings. The largest absolute Gasteiger partial charge is 0.493 e. The van der Waals surface area contributed by atoms with Gasteiger partial charge >= 0.3 is 0 Å². The second-order valence-corrected chi connectivity index (χ2v) is 8.07. The first kappa shape index (κ1) is 21.7. The summed E-state index contributed by atoms with van der Waals surface area (Å²) in [4.78, 5) is 24.4. The maximum absolute atomic E-state index is 13.3. The fourth-order valence-electron chi connectivity index (χ4n) is 3.73. The van der Waals surface area contributed by atoms with Gasteiger partial charge in [-0.05, 0) is 56.6 Å². The first-order chi connectivity index (χ1) is 15.1. The highest BCUT2D eigenvalue weighted by molar-refractivity contribution is 6.30. The van der Waals surface area contributed by atoms with E-state index in [-0.39, 0.29) is 17.2 Å². The Bertz CT molecular complexity index is 1100. The van der Waals surface area contributed by atoms with Crippen LogP contribution in [0.2, 0.25) is 5.02 Å². The zero-order valence-electron chi connectivity index (χ0n) is 17.1. The van der Waals surface area contributed by atoms with Crippen LogP contribution in [0.4, 0.5) is 4.39 Å². The smallest absolute Gasteiger partial charge is 0.258 e. The highest BCUT2D eigenvalue weighted by atomic mass is 35.5. The van der Waals surface area contributed by atoms with Crippen LogP contribution in [0.1, 0.15) is 24.4 Å². The topological polar surface area (TPSA) is 91.9 Å². The fourth-order valence-corrected chi connectivity index (χ4v) is 3.90. The number of aromatic nitrogens is 3. The molecule has 164 valence electrons. The van der Waals surface area contributed by atoms with Crippen LogP contribution in [0.15, 0.2) is 35.3 Å². The molecule has 2 aromatic heterocycles. The minimum absolute atomic E-state index is 0.00226. The summed E-state index contributed by atoms with van der Waals surface area (Å²) >= 11 is 5.77. The third-order valence-electron chi connectivity index (χ3n) is 5.43. The van der Waals surface area contributed by atoms with Crippen molar-refractivity contribution in [1.29, 1.82) is 0 Å². The molecular formula is C22H25ClFN5O2. The molecule has 3 aromatic rings. The van der Waals surface area contributed by atoms with Crippen LogP contribution in [-0.4, -0.2) is 41.2 Å². The molecule has 0 radical (unpaired) electrons. The van der Waals surface area contributed by atoms with Gasteiger partial charge < -0.3 is 20.4 Å². The molecule has 3 N–H and O–H groups in total. The Kier molecular flexibility index (Phi) is 7.11. The Balaban J connectivity index is 1.42. The number of nitrogens with zero attached hydrogens (tertiary/aromatic N) is 2. The number of hydrogen-bond acceptors (Lipinski definition) is 6. The molecule has 0 atom stereocenters. The first-order valence-electron chi connectivity index (χ1n) is 10.5. The van der Waals surface area contributed by atoms with Crippen LogP contribution >= 0.6 is 11.6 Å². The summed E-state index contributed by atoms with van der Waals surface area (Å²) in [6, 6.07) is 5.86. The standard InChI is InChI=1S/C22H25ClFN5O2/c23-17-11-15(1-2-18(17)24)31-10-6-20-28-21-16(22(30)29-20)5-9-27-19(21)13-26-12-14-3-7-25-8-4-14/h1-2,5,9,11,14,25-26H,3-4,6-8,10,12-13H2,(H,28,29,30). The molecule has 1 saturated heterocycles. The Morgan fingerprint density at radius 2 is 2.10 bits per heavy atom. The number of hydrogen-bond donors (Lipinski definition) is 3. The lowest BCUT2D eigenvalue weighted by atomic mass is 9.98. The van der Waals surface area contributed by atoms with Crippen LogP contribution in [0.5, 0.6) is 5.75 Å². The molecule has 0 saturated carbocycles. The van der Waals surface area contributed by atoms with Crippen LogP contribution in [0.3, 0.4) is 0 Å². The number of fused-ring (bicyclic) bond motifs is 1. The lowest BCUT2D eigenvalue weighted by Crippen LogP contribution is -2.33. The minimum Gasteiger partial charge on any atom is -0.493 e. The van der Waals surface area contributed by atoms with E-state index >= 15 is 0 Å². The predicted molar refractivity (Wildman–Crippen MR) is 118 cm³/mol. The summed E-state index contributed by atoms with van der Waals surface area (Å²) < 4.78 is 18.9. The molecule has 7 nitrogen and oxygen atoms in total. The molecule has 0 spiro atoms. The minimum atomic E-state index is -0.497. The molecule has 1 aliphatic heterocycles. The Hall–Kier alpha value is -2.55. The van der Waals surface area contributed by atoms with E-state index < -0.39 is 5.82 Å². The zero-order chi connectivity index (χ0) is 21.6. The number of benzene rings is 1. The molecule has 0 amide bonds. The summed E-state index contributed by atoms with van der Waals surface area (Å²) in [5.74, 6) is 1.13. The Labute approximate surface area is 184 Å². The molecule has 0 unspecified atom stereocenters. The summed E-state index contributed by atoms with van der Waals surface area (Å²) in [5, 5.41) is 7.36. The summed E-state index contributed by atoms with van der Waals surface area (Å²) in [7, 11) is 0. The van der Waals surface area contributed by atoms with Crippen molar-refractivity contribution < 1.29 is 9.13 Å². The predicted octanol–water partition coefficient (Wildman–Crippen LogP) is 2.82. The van der Waals surface area contributed by atoms with Gasteiger partial charge in [-0.3, -0.25) is 9.78 Å². The molecule has 3 heterocycles. The molecule has 31 heavy (non-hydrogen) atoms. The first-order valence-corrected chi connectivity index (χ1v) is 10.8. The van der Waals surface area contributed by atoms with Crippen molar-refractivity contribution in [3.05, 3.63) is 63.2 Å². The number of pyridine rings is 1. The normalized spacial score (nSPS) is 14.8. The van der Waals surface area contributed by atoms with Gasteiger partial charge in [-0.1, -0.05) is 11.6 Å². The third kappa shape index (κ3) is 5.58. The number of H-pyrrole nitrogens is 1. The van der Waals surface area contributed by atoms with Gasteiger partial charge in [0.2, 0.25) is 0 Å². The number of nitrogens with one attached hydrogen (secondary N) is 3. The third-order valence-corrected chi connectivity index (χ3v) is 5.72. The number of piperidine rings is 1. The van der Waals surface area contributed by atoms with Crippen molar-refractivity contribution in [2.24, 2.45) is 5.92 Å². The summed E-state index contributed by atoms with van der Waals surface area (Å²) in [6.45, 7) is 3.86. The van der Waals surface area contributed by atoms with Crippen molar-refractivity contribution in [3.63, 3.8) is 0 Å². The van der Waals surface area contributed by atoms with Crippen molar-refractivity contribution >= 4 is 22.5 Å². The van der Waals surface area contributed by atoms with Crippen molar-refractivity contribution in [1.82, 2.24) is 25.6 Å². The lowest BCUT2D eigenvalue weighted by molar-refractivity contribution is 0.318. The van der Waals surface area contributed by atoms with E-state index in [4.69, 9.17) is 16.3 Å². The van der Waals surface area contributed by atoms with Crippen LogP contribution in [0, 0.1) is 11.7 Å². The maximum Gasteiger partial charge on any atom is 0.258 e. The Morgan fingerprint density at radius 1 is 1.26 bits per heavy atom. The van der Waals surface area contributed by atoms with Crippen molar-refractivity contribution in [2.75, 3.05) is 26.2 Å². The van der Waals surface area contributed by atoms with Crippen LogP contribution in [-0.2, 0) is 13.0 Å². The van der Waals surface area contributed by atoms with Gasteiger partial charge in [0, 0.05) is 25.2 Å². The van der Waals surface area contributed by atoms with Crippen LogP contribution in [0.25, 0.3) is 10.9 Å². The Morgan fingerprint density at radius 3 is 2.90 bits per heavy atom. The van der Waals surface area contributed by atoms with Crippen molar-refractivity contribution in [3.8, 4) is 5.75 Å². The monoisotopic (exact) mass is 445 g/mol. The number of halogens is 2. The maximum atomic E-state index is 13.3. The number of ether oxygens (including phenoxy) is 1. The zero-order valence-corrected chi connectivity index (χ0v) is 17.8. The van der Waals surface area contributed by atoms with Gasteiger partial charge in [-0.15, -0.1) is 0 Å². The van der Waals surface area contributed by atoms with Gasteiger partial charge in [0.05, 0.1) is 22.7 Å². The van der Waals surface area contributed by atoms with Gasteiger partial charge in [0.15, 0.2) is 0 Å². The molecular weight excluding hydrogens is 421 g/mol. The van der Waals surface area contributed by atoms with Crippen LogP contribution < -0.4 is 20.9 Å². The average Bonchev–Trinajstić information content (AvgIpc) is 2.77. The highest BCUT2D eigenvalue weighted by Gasteiger charge is 2.14. The summed E-state index contributed by atoms with van der Waals surface area (Å²) in [6.07, 6.45) is 4.35. The quantitative estimate of drug-likeness (QED) is 0.494. The molecule has 0 aliphatic carbocycles. The second-order valence-electron chi connectivity index (χ2n) is 7.67. The molecule has 4 rings (SSSR count). The van der Waals surface area contributed by atoms with E-state index in [0.717, 1.165) is 38.2 Å².